The molecule has 1 unspecified atom stereocenters. The minimum absolute atomic E-state index is 0.0423. The molecule has 1 aliphatic heterocycles. The van der Waals surface area contributed by atoms with E-state index < -0.39 is 12.5 Å². The van der Waals surface area contributed by atoms with Crippen molar-refractivity contribution < 1.29 is 18.7 Å². The molecule has 0 spiro atoms. The van der Waals surface area contributed by atoms with Crippen molar-refractivity contribution in [2.45, 2.75) is 38.3 Å². The number of benzene rings is 2. The molecule has 164 valence electrons. The highest BCUT2D eigenvalue weighted by atomic mass is 35.5. The maximum absolute atomic E-state index is 13.3. The quantitative estimate of drug-likeness (QED) is 0.595. The molecular formula is C22H21Cl2F2N3O2. The Labute approximate surface area is 188 Å². The number of aliphatic hydroxyl groups is 1. The first-order chi connectivity index (χ1) is 14.7. The minimum atomic E-state index is -2.87. The first kappa shape index (κ1) is 22.0. The molecule has 1 aromatic heterocycles. The van der Waals surface area contributed by atoms with Crippen LogP contribution in [-0.4, -0.2) is 38.7 Å². The van der Waals surface area contributed by atoms with Crippen LogP contribution in [0, 0.1) is 0 Å². The molecule has 1 aliphatic rings. The van der Waals surface area contributed by atoms with Crippen LogP contribution in [-0.2, 0) is 24.7 Å². The highest BCUT2D eigenvalue weighted by Crippen LogP contribution is 2.37. The summed E-state index contributed by atoms with van der Waals surface area (Å²) in [6.07, 6.45) is -4.28. The number of aliphatic hydroxyl groups excluding tert-OH is 1. The zero-order valence-corrected chi connectivity index (χ0v) is 18.5. The molecule has 1 N–H and O–H groups in total. The van der Waals surface area contributed by atoms with Gasteiger partial charge in [-0.1, -0.05) is 41.4 Å². The van der Waals surface area contributed by atoms with Crippen LogP contribution in [0.25, 0.3) is 10.9 Å². The van der Waals surface area contributed by atoms with E-state index in [0.717, 1.165) is 11.1 Å². The topological polar surface area (TPSA) is 58.4 Å². The molecule has 0 radical (unpaired) electrons. The van der Waals surface area contributed by atoms with Gasteiger partial charge < -0.3 is 10.0 Å². The smallest absolute Gasteiger partial charge is 0.268 e. The summed E-state index contributed by atoms with van der Waals surface area (Å²) in [5.74, 6) is -0.146. The van der Waals surface area contributed by atoms with Crippen LogP contribution in [0.15, 0.2) is 30.3 Å². The predicted octanol–water partition coefficient (Wildman–Crippen LogP) is 4.87. The third kappa shape index (κ3) is 3.79. The number of aromatic nitrogens is 2. The Morgan fingerprint density at radius 2 is 2.03 bits per heavy atom. The van der Waals surface area contributed by atoms with Gasteiger partial charge in [0.1, 0.15) is 6.10 Å². The molecule has 2 heterocycles. The van der Waals surface area contributed by atoms with Gasteiger partial charge in [-0.15, -0.1) is 0 Å². The largest absolute Gasteiger partial charge is 0.382 e. The van der Waals surface area contributed by atoms with Crippen molar-refractivity contribution in [3.05, 3.63) is 62.8 Å². The fourth-order valence-electron chi connectivity index (χ4n) is 4.42. The molecular weight excluding hydrogens is 447 g/mol. The highest BCUT2D eigenvalue weighted by molar-refractivity contribution is 6.37. The number of hydrogen-bond acceptors (Lipinski definition) is 3. The number of rotatable bonds is 4. The van der Waals surface area contributed by atoms with Gasteiger partial charge in [-0.3, -0.25) is 9.48 Å². The number of aryl methyl sites for hydroxylation is 1. The third-order valence-electron chi connectivity index (χ3n) is 6.00. The number of carbonyl (C=O) groups excluding carboxylic acids is 1. The van der Waals surface area contributed by atoms with Crippen molar-refractivity contribution in [2.75, 3.05) is 6.54 Å². The Bertz CT molecular complexity index is 1170. The molecule has 2 atom stereocenters. The second kappa shape index (κ2) is 8.37. The van der Waals surface area contributed by atoms with Crippen LogP contribution >= 0.6 is 23.2 Å². The van der Waals surface area contributed by atoms with Gasteiger partial charge in [-0.05, 0) is 47.7 Å². The zero-order chi connectivity index (χ0) is 22.4. The van der Waals surface area contributed by atoms with Gasteiger partial charge in [0.25, 0.3) is 6.43 Å². The third-order valence-corrected chi connectivity index (χ3v) is 6.62. The average molecular weight is 468 g/mol. The summed E-state index contributed by atoms with van der Waals surface area (Å²) in [5.41, 5.74) is 3.06. The fraction of sp³-hybridized carbons (Fsp3) is 0.364. The second-order valence-corrected chi connectivity index (χ2v) is 8.48. The first-order valence-corrected chi connectivity index (χ1v) is 10.6. The average Bonchev–Trinajstić information content (AvgIpc) is 3.02. The Morgan fingerprint density at radius 3 is 2.74 bits per heavy atom. The normalized spacial score (nSPS) is 17.3. The number of halogens is 4. The summed E-state index contributed by atoms with van der Waals surface area (Å²) in [6, 6.07) is 8.16. The number of nitrogens with zero attached hydrogens (tertiary/aromatic N) is 3. The van der Waals surface area contributed by atoms with E-state index in [9.17, 15) is 18.7 Å². The maximum atomic E-state index is 13.3. The lowest BCUT2D eigenvalue weighted by Gasteiger charge is -2.37. The van der Waals surface area contributed by atoms with Crippen LogP contribution in [0.4, 0.5) is 8.78 Å². The van der Waals surface area contributed by atoms with E-state index in [1.807, 2.05) is 13.0 Å². The van der Waals surface area contributed by atoms with Crippen molar-refractivity contribution in [3.63, 3.8) is 0 Å². The first-order valence-electron chi connectivity index (χ1n) is 9.87. The summed E-state index contributed by atoms with van der Waals surface area (Å²) in [5, 5.41) is 15.5. The number of hydrogen-bond donors (Lipinski definition) is 1. The molecule has 5 nitrogen and oxygen atoms in total. The molecule has 3 aromatic rings. The van der Waals surface area contributed by atoms with Crippen LogP contribution in [0.5, 0.6) is 0 Å². The Balaban J connectivity index is 1.65. The van der Waals surface area contributed by atoms with Gasteiger partial charge in [0.15, 0.2) is 5.15 Å². The monoisotopic (exact) mass is 467 g/mol. The summed E-state index contributed by atoms with van der Waals surface area (Å²) >= 11 is 12.7. The lowest BCUT2D eigenvalue weighted by Crippen LogP contribution is -2.40. The number of fused-ring (bicyclic) bond motifs is 2. The Morgan fingerprint density at radius 1 is 1.29 bits per heavy atom. The van der Waals surface area contributed by atoms with Crippen LogP contribution in [0.1, 0.15) is 41.3 Å². The molecule has 1 amide bonds. The van der Waals surface area contributed by atoms with E-state index in [1.54, 1.807) is 34.8 Å². The van der Waals surface area contributed by atoms with Crippen LogP contribution < -0.4 is 0 Å². The van der Waals surface area contributed by atoms with Gasteiger partial charge >= 0.3 is 0 Å². The highest BCUT2D eigenvalue weighted by Gasteiger charge is 2.32. The maximum Gasteiger partial charge on any atom is 0.268 e. The molecule has 0 bridgehead atoms. The van der Waals surface area contributed by atoms with Crippen molar-refractivity contribution in [2.24, 2.45) is 7.05 Å². The Kier molecular flexibility index (Phi) is 5.94. The van der Waals surface area contributed by atoms with E-state index in [-0.39, 0.29) is 29.1 Å². The standard InChI is InChI=1S/C22H21Cl2F2N3O2/c1-11-12-4-3-5-14(20(31)22(25)26)13(12)8-9-29(11)18(30)10-15-16(23)6-7-17-19(15)21(24)27-28(17)2/h3-7,11,20,22,31H,8-10H2,1-2H3/t11-,20?/m0/s1. The minimum Gasteiger partial charge on any atom is -0.382 e. The number of carbonyl (C=O) groups is 1. The van der Waals surface area contributed by atoms with E-state index in [2.05, 4.69) is 5.10 Å². The van der Waals surface area contributed by atoms with Crippen molar-refractivity contribution in [3.8, 4) is 0 Å². The molecule has 0 saturated heterocycles. The number of alkyl halides is 2. The summed E-state index contributed by atoms with van der Waals surface area (Å²) < 4.78 is 27.8. The van der Waals surface area contributed by atoms with Crippen molar-refractivity contribution >= 4 is 40.0 Å². The SMILES string of the molecule is C[C@H]1c2cccc(C(O)C(F)F)c2CCN1C(=O)Cc1c(Cl)ccc2c1c(Cl)nn2C. The zero-order valence-electron chi connectivity index (χ0n) is 16.9. The van der Waals surface area contributed by atoms with E-state index >= 15 is 0 Å². The second-order valence-electron chi connectivity index (χ2n) is 7.72. The van der Waals surface area contributed by atoms with Crippen LogP contribution in [0.2, 0.25) is 10.2 Å². The van der Waals surface area contributed by atoms with Crippen LogP contribution in [0.3, 0.4) is 0 Å². The predicted molar refractivity (Wildman–Crippen MR) is 116 cm³/mol. The Hall–Kier alpha value is -2.22. The molecule has 31 heavy (non-hydrogen) atoms. The van der Waals surface area contributed by atoms with Crippen molar-refractivity contribution in [1.82, 2.24) is 14.7 Å². The van der Waals surface area contributed by atoms with Gasteiger partial charge in [0.05, 0.1) is 18.0 Å². The summed E-state index contributed by atoms with van der Waals surface area (Å²) in [7, 11) is 1.77. The van der Waals surface area contributed by atoms with Gasteiger partial charge in [-0.2, -0.15) is 5.10 Å². The summed E-state index contributed by atoms with van der Waals surface area (Å²) in [6.45, 7) is 2.21. The summed E-state index contributed by atoms with van der Waals surface area (Å²) in [4.78, 5) is 15.0. The molecule has 4 rings (SSSR count). The van der Waals surface area contributed by atoms with E-state index in [0.29, 0.717) is 34.5 Å². The lowest BCUT2D eigenvalue weighted by atomic mass is 9.87. The lowest BCUT2D eigenvalue weighted by molar-refractivity contribution is -0.133. The van der Waals surface area contributed by atoms with Crippen molar-refractivity contribution in [1.29, 1.82) is 0 Å². The fourth-order valence-corrected chi connectivity index (χ4v) is 4.97. The molecule has 2 aromatic carbocycles. The van der Waals surface area contributed by atoms with E-state index in [1.165, 1.54) is 6.07 Å². The molecule has 9 heteroatoms. The van der Waals surface area contributed by atoms with Gasteiger partial charge in [0.2, 0.25) is 5.91 Å². The van der Waals surface area contributed by atoms with E-state index in [4.69, 9.17) is 23.2 Å². The molecule has 0 aliphatic carbocycles. The number of amides is 1. The molecule has 0 fully saturated rings. The van der Waals surface area contributed by atoms with Gasteiger partial charge in [0, 0.05) is 24.0 Å². The van der Waals surface area contributed by atoms with Gasteiger partial charge in [-0.25, -0.2) is 8.78 Å². The molecule has 0 saturated carbocycles.